The maximum absolute atomic E-state index is 12.1. The molecule has 3 heteroatoms. The van der Waals surface area contributed by atoms with Crippen molar-refractivity contribution in [2.75, 3.05) is 14.1 Å². The lowest BCUT2D eigenvalue weighted by Gasteiger charge is -2.50. The van der Waals surface area contributed by atoms with Gasteiger partial charge in [0.15, 0.2) is 11.5 Å². The van der Waals surface area contributed by atoms with Crippen LogP contribution in [-0.4, -0.2) is 30.5 Å². The Morgan fingerprint density at radius 1 is 1.29 bits per heavy atom. The molecule has 94 valence electrons. The monoisotopic (exact) mass is 235 g/mol. The molecule has 0 aromatic heterocycles. The number of nitrogens with zero attached hydrogens (tertiary/aromatic N) is 1. The van der Waals surface area contributed by atoms with Crippen molar-refractivity contribution in [1.82, 2.24) is 4.90 Å². The number of Topliss-reactive ketones (excluding diaryl/α,β-unsaturated/α-hetero) is 1. The van der Waals surface area contributed by atoms with E-state index in [4.69, 9.17) is 4.74 Å². The average Bonchev–Trinajstić information content (AvgIpc) is 2.28. The van der Waals surface area contributed by atoms with Gasteiger partial charge < -0.3 is 4.74 Å². The average molecular weight is 235 g/mol. The molecule has 0 amide bonds. The highest BCUT2D eigenvalue weighted by atomic mass is 16.5. The van der Waals surface area contributed by atoms with Crippen molar-refractivity contribution in [2.45, 2.75) is 50.7 Å². The van der Waals surface area contributed by atoms with E-state index < -0.39 is 0 Å². The summed E-state index contributed by atoms with van der Waals surface area (Å²) < 4.78 is 6.27. The predicted octanol–water partition coefficient (Wildman–Crippen LogP) is 2.47. The van der Waals surface area contributed by atoms with Crippen molar-refractivity contribution in [3.8, 4) is 0 Å². The van der Waals surface area contributed by atoms with E-state index in [0.717, 1.165) is 43.4 Å². The Morgan fingerprint density at radius 3 is 2.88 bits per heavy atom. The SMILES string of the molecule is CN(C)[C@]12CCC[C@@H](C1)C1=C(CCCC1=O)O2. The molecular formula is C14H21NO2. The first-order chi connectivity index (χ1) is 8.12. The highest BCUT2D eigenvalue weighted by Gasteiger charge is 2.48. The number of carbonyl (C=O) groups is 1. The summed E-state index contributed by atoms with van der Waals surface area (Å²) in [6, 6.07) is 0. The van der Waals surface area contributed by atoms with Crippen molar-refractivity contribution >= 4 is 5.78 Å². The number of hydrogen-bond donors (Lipinski definition) is 0. The van der Waals surface area contributed by atoms with E-state index in [0.29, 0.717) is 11.7 Å². The minimum Gasteiger partial charge on any atom is -0.476 e. The third-order valence-corrected chi connectivity index (χ3v) is 4.63. The Labute approximate surface area is 103 Å². The molecule has 1 heterocycles. The standard InChI is InChI=1S/C14H21NO2/c1-15(2)14-8-4-5-10(9-14)13-11(16)6-3-7-12(13)17-14/h10H,3-9H2,1-2H3/t10-,14-/m0/s1. The van der Waals surface area contributed by atoms with Crippen LogP contribution in [0.2, 0.25) is 0 Å². The van der Waals surface area contributed by atoms with Gasteiger partial charge in [-0.25, -0.2) is 0 Å². The number of allylic oxidation sites excluding steroid dienone is 2. The minimum absolute atomic E-state index is 0.126. The fraction of sp³-hybridized carbons (Fsp3) is 0.786. The van der Waals surface area contributed by atoms with E-state index in [1.165, 1.54) is 12.8 Å². The number of rotatable bonds is 1. The fourth-order valence-corrected chi connectivity index (χ4v) is 3.68. The van der Waals surface area contributed by atoms with Crippen LogP contribution in [0.1, 0.15) is 44.9 Å². The molecule has 0 unspecified atom stereocenters. The summed E-state index contributed by atoms with van der Waals surface area (Å²) in [5, 5.41) is 0. The lowest BCUT2D eigenvalue weighted by Crippen LogP contribution is -2.53. The number of hydrogen-bond acceptors (Lipinski definition) is 3. The second-order valence-corrected chi connectivity index (χ2v) is 5.85. The van der Waals surface area contributed by atoms with Crippen molar-refractivity contribution in [3.05, 3.63) is 11.3 Å². The Balaban J connectivity index is 2.01. The highest BCUT2D eigenvalue weighted by Crippen LogP contribution is 2.48. The zero-order chi connectivity index (χ0) is 12.0. The second-order valence-electron chi connectivity index (χ2n) is 5.85. The van der Waals surface area contributed by atoms with Crippen molar-refractivity contribution in [1.29, 1.82) is 0 Å². The molecule has 0 saturated heterocycles. The summed E-state index contributed by atoms with van der Waals surface area (Å²) >= 11 is 0. The van der Waals surface area contributed by atoms with Gasteiger partial charge in [0.2, 0.25) is 0 Å². The van der Waals surface area contributed by atoms with Crippen LogP contribution in [0.3, 0.4) is 0 Å². The first-order valence-electron chi connectivity index (χ1n) is 6.75. The van der Waals surface area contributed by atoms with E-state index in [9.17, 15) is 4.79 Å². The van der Waals surface area contributed by atoms with Gasteiger partial charge in [-0.15, -0.1) is 0 Å². The molecule has 17 heavy (non-hydrogen) atoms. The minimum atomic E-state index is -0.126. The van der Waals surface area contributed by atoms with Crippen LogP contribution in [0.4, 0.5) is 0 Å². The van der Waals surface area contributed by atoms with Gasteiger partial charge in [-0.2, -0.15) is 0 Å². The Kier molecular flexibility index (Phi) is 2.54. The quantitative estimate of drug-likeness (QED) is 0.699. The fourth-order valence-electron chi connectivity index (χ4n) is 3.68. The maximum atomic E-state index is 12.1. The van der Waals surface area contributed by atoms with Crippen LogP contribution in [0.5, 0.6) is 0 Å². The van der Waals surface area contributed by atoms with Crippen LogP contribution in [0.25, 0.3) is 0 Å². The zero-order valence-electron chi connectivity index (χ0n) is 10.8. The highest BCUT2D eigenvalue weighted by molar-refractivity contribution is 5.97. The Morgan fingerprint density at radius 2 is 2.12 bits per heavy atom. The van der Waals surface area contributed by atoms with E-state index >= 15 is 0 Å². The topological polar surface area (TPSA) is 29.5 Å². The third-order valence-electron chi connectivity index (χ3n) is 4.63. The molecule has 2 aliphatic carbocycles. The normalized spacial score (nSPS) is 36.9. The van der Waals surface area contributed by atoms with Crippen molar-refractivity contribution < 1.29 is 9.53 Å². The molecule has 2 atom stereocenters. The number of carbonyl (C=O) groups excluding carboxylic acids is 1. The van der Waals surface area contributed by atoms with Gasteiger partial charge in [-0.1, -0.05) is 0 Å². The Bertz CT molecular complexity index is 386. The smallest absolute Gasteiger partial charge is 0.163 e. The molecule has 2 bridgehead atoms. The molecule has 1 saturated carbocycles. The molecule has 3 rings (SSSR count). The van der Waals surface area contributed by atoms with Crippen molar-refractivity contribution in [3.63, 3.8) is 0 Å². The van der Waals surface area contributed by atoms with Gasteiger partial charge in [-0.3, -0.25) is 9.69 Å². The number of ether oxygens (including phenoxy) is 1. The predicted molar refractivity (Wildman–Crippen MR) is 65.3 cm³/mol. The number of ketones is 1. The molecule has 0 aromatic rings. The van der Waals surface area contributed by atoms with Crippen LogP contribution >= 0.6 is 0 Å². The summed E-state index contributed by atoms with van der Waals surface area (Å²) in [6.07, 6.45) is 7.11. The molecule has 1 aliphatic heterocycles. The van der Waals surface area contributed by atoms with Gasteiger partial charge in [0.05, 0.1) is 0 Å². The lowest BCUT2D eigenvalue weighted by molar-refractivity contribution is -0.157. The van der Waals surface area contributed by atoms with Crippen LogP contribution in [-0.2, 0) is 9.53 Å². The van der Waals surface area contributed by atoms with Gasteiger partial charge in [-0.05, 0) is 39.3 Å². The van der Waals surface area contributed by atoms with E-state index in [2.05, 4.69) is 19.0 Å². The second kappa shape index (κ2) is 3.84. The maximum Gasteiger partial charge on any atom is 0.163 e. The van der Waals surface area contributed by atoms with Crippen molar-refractivity contribution in [2.24, 2.45) is 5.92 Å². The summed E-state index contributed by atoms with van der Waals surface area (Å²) in [6.45, 7) is 0. The summed E-state index contributed by atoms with van der Waals surface area (Å²) in [7, 11) is 4.19. The molecule has 0 aromatic carbocycles. The van der Waals surface area contributed by atoms with Gasteiger partial charge in [0, 0.05) is 31.3 Å². The molecule has 0 spiro atoms. The van der Waals surface area contributed by atoms with E-state index in [1.54, 1.807) is 0 Å². The summed E-state index contributed by atoms with van der Waals surface area (Å²) in [5.41, 5.74) is 0.924. The van der Waals surface area contributed by atoms with Crippen LogP contribution in [0, 0.1) is 5.92 Å². The van der Waals surface area contributed by atoms with E-state index in [1.807, 2.05) is 0 Å². The molecule has 3 nitrogen and oxygen atoms in total. The van der Waals surface area contributed by atoms with Crippen LogP contribution in [0.15, 0.2) is 11.3 Å². The third kappa shape index (κ3) is 1.63. The molecule has 3 aliphatic rings. The largest absolute Gasteiger partial charge is 0.476 e. The lowest BCUT2D eigenvalue weighted by atomic mass is 9.72. The molecule has 1 fully saturated rings. The molecule has 0 N–H and O–H groups in total. The zero-order valence-corrected chi connectivity index (χ0v) is 10.8. The summed E-state index contributed by atoms with van der Waals surface area (Å²) in [4.78, 5) is 14.3. The number of fused-ring (bicyclic) bond motifs is 3. The molecule has 0 radical (unpaired) electrons. The van der Waals surface area contributed by atoms with Gasteiger partial charge in [0.25, 0.3) is 0 Å². The first kappa shape index (κ1) is 11.3. The van der Waals surface area contributed by atoms with Gasteiger partial charge in [0.1, 0.15) is 5.76 Å². The Hall–Kier alpha value is -0.830. The first-order valence-corrected chi connectivity index (χ1v) is 6.75. The van der Waals surface area contributed by atoms with E-state index in [-0.39, 0.29) is 5.72 Å². The summed E-state index contributed by atoms with van der Waals surface area (Å²) in [5.74, 6) is 1.83. The molecular weight excluding hydrogens is 214 g/mol. The van der Waals surface area contributed by atoms with Gasteiger partial charge >= 0.3 is 0 Å². The van der Waals surface area contributed by atoms with Crippen LogP contribution < -0.4 is 0 Å².